The zero-order valence-corrected chi connectivity index (χ0v) is 9.05. The van der Waals surface area contributed by atoms with Crippen molar-refractivity contribution in [3.63, 3.8) is 0 Å². The fourth-order valence-corrected chi connectivity index (χ4v) is 1.63. The van der Waals surface area contributed by atoms with Crippen molar-refractivity contribution in [2.24, 2.45) is 0 Å². The Bertz CT molecular complexity index is 332. The van der Waals surface area contributed by atoms with E-state index in [0.29, 0.717) is 11.1 Å². The standard InChI is InChI=1S/C9H9IO2/c1-5-7(6(2)11)3-4-8(10)9(5)12/h3-4,12H,1-2H3. The molecule has 0 aliphatic rings. The van der Waals surface area contributed by atoms with Crippen LogP contribution in [0.1, 0.15) is 22.8 Å². The summed E-state index contributed by atoms with van der Waals surface area (Å²) in [7, 11) is 0. The average molecular weight is 276 g/mol. The van der Waals surface area contributed by atoms with E-state index in [0.717, 1.165) is 3.57 Å². The molecule has 1 N–H and O–H groups in total. The van der Waals surface area contributed by atoms with Gasteiger partial charge in [0.05, 0.1) is 3.57 Å². The van der Waals surface area contributed by atoms with Crippen molar-refractivity contribution >= 4 is 28.4 Å². The molecule has 0 amide bonds. The molecule has 64 valence electrons. The van der Waals surface area contributed by atoms with E-state index in [-0.39, 0.29) is 11.5 Å². The van der Waals surface area contributed by atoms with Gasteiger partial charge < -0.3 is 5.11 Å². The third kappa shape index (κ3) is 1.60. The van der Waals surface area contributed by atoms with Crippen LogP contribution in [-0.4, -0.2) is 10.9 Å². The number of halogens is 1. The molecule has 0 aliphatic carbocycles. The maximum absolute atomic E-state index is 11.0. The second-order valence-electron chi connectivity index (χ2n) is 2.62. The lowest BCUT2D eigenvalue weighted by Gasteiger charge is -2.05. The number of carbonyl (C=O) groups excluding carboxylic acids is 1. The van der Waals surface area contributed by atoms with E-state index in [1.807, 2.05) is 22.6 Å². The van der Waals surface area contributed by atoms with E-state index >= 15 is 0 Å². The van der Waals surface area contributed by atoms with Crippen LogP contribution in [0.5, 0.6) is 5.75 Å². The second kappa shape index (κ2) is 3.43. The largest absolute Gasteiger partial charge is 0.507 e. The zero-order valence-electron chi connectivity index (χ0n) is 6.89. The van der Waals surface area contributed by atoms with Crippen LogP contribution in [-0.2, 0) is 0 Å². The van der Waals surface area contributed by atoms with Crippen LogP contribution in [0, 0.1) is 10.5 Å². The Hall–Kier alpha value is -0.580. The van der Waals surface area contributed by atoms with Gasteiger partial charge in [-0.05, 0) is 48.6 Å². The summed E-state index contributed by atoms with van der Waals surface area (Å²) < 4.78 is 0.773. The number of carbonyl (C=O) groups is 1. The third-order valence-corrected chi connectivity index (χ3v) is 2.63. The minimum absolute atomic E-state index is 0.0146. The van der Waals surface area contributed by atoms with Gasteiger partial charge in [0.2, 0.25) is 0 Å². The summed E-state index contributed by atoms with van der Waals surface area (Å²) in [5.41, 5.74) is 1.25. The van der Waals surface area contributed by atoms with Gasteiger partial charge in [0.25, 0.3) is 0 Å². The Kier molecular flexibility index (Phi) is 2.72. The lowest BCUT2D eigenvalue weighted by atomic mass is 10.1. The molecule has 0 heterocycles. The summed E-state index contributed by atoms with van der Waals surface area (Å²) in [4.78, 5) is 11.0. The number of phenols is 1. The maximum Gasteiger partial charge on any atom is 0.160 e. The Morgan fingerprint density at radius 3 is 2.58 bits per heavy atom. The number of aromatic hydroxyl groups is 1. The first-order valence-electron chi connectivity index (χ1n) is 3.53. The topological polar surface area (TPSA) is 37.3 Å². The predicted octanol–water partition coefficient (Wildman–Crippen LogP) is 2.51. The molecule has 0 saturated heterocycles. The average Bonchev–Trinajstić information content (AvgIpc) is 2.00. The highest BCUT2D eigenvalue weighted by molar-refractivity contribution is 14.1. The van der Waals surface area contributed by atoms with Crippen LogP contribution >= 0.6 is 22.6 Å². The normalized spacial score (nSPS) is 9.92. The zero-order chi connectivity index (χ0) is 9.30. The van der Waals surface area contributed by atoms with Crippen molar-refractivity contribution in [1.82, 2.24) is 0 Å². The highest BCUT2D eigenvalue weighted by atomic mass is 127. The van der Waals surface area contributed by atoms with Crippen LogP contribution < -0.4 is 0 Å². The van der Waals surface area contributed by atoms with Crippen LogP contribution in [0.2, 0.25) is 0 Å². The van der Waals surface area contributed by atoms with Crippen molar-refractivity contribution in [1.29, 1.82) is 0 Å². The van der Waals surface area contributed by atoms with Crippen molar-refractivity contribution in [3.8, 4) is 5.75 Å². The van der Waals surface area contributed by atoms with Gasteiger partial charge in [-0.1, -0.05) is 0 Å². The molecule has 2 nitrogen and oxygen atoms in total. The Morgan fingerprint density at radius 2 is 2.08 bits per heavy atom. The lowest BCUT2D eigenvalue weighted by molar-refractivity contribution is 0.101. The van der Waals surface area contributed by atoms with E-state index in [9.17, 15) is 9.90 Å². The molecule has 12 heavy (non-hydrogen) atoms. The van der Waals surface area contributed by atoms with Crippen LogP contribution in [0.25, 0.3) is 0 Å². The van der Waals surface area contributed by atoms with Crippen LogP contribution in [0.15, 0.2) is 12.1 Å². The van der Waals surface area contributed by atoms with Gasteiger partial charge in [-0.15, -0.1) is 0 Å². The number of ketones is 1. The van der Waals surface area contributed by atoms with Gasteiger partial charge in [-0.3, -0.25) is 4.79 Å². The summed E-state index contributed by atoms with van der Waals surface area (Å²) in [5.74, 6) is 0.197. The molecule has 0 fully saturated rings. The molecule has 0 aromatic heterocycles. The number of Topliss-reactive ketones (excluding diaryl/α,β-unsaturated/α-hetero) is 1. The summed E-state index contributed by atoms with van der Waals surface area (Å²) in [5, 5.41) is 9.48. The van der Waals surface area contributed by atoms with Gasteiger partial charge in [-0.2, -0.15) is 0 Å². The minimum Gasteiger partial charge on any atom is -0.507 e. The van der Waals surface area contributed by atoms with Gasteiger partial charge in [0.1, 0.15) is 5.75 Å². The third-order valence-electron chi connectivity index (χ3n) is 1.76. The molecule has 0 radical (unpaired) electrons. The van der Waals surface area contributed by atoms with E-state index in [2.05, 4.69) is 0 Å². The van der Waals surface area contributed by atoms with Crippen LogP contribution in [0.3, 0.4) is 0 Å². The number of rotatable bonds is 1. The highest BCUT2D eigenvalue weighted by Gasteiger charge is 2.09. The van der Waals surface area contributed by atoms with Crippen molar-refractivity contribution < 1.29 is 9.90 Å². The number of hydrogen-bond donors (Lipinski definition) is 1. The van der Waals surface area contributed by atoms with E-state index < -0.39 is 0 Å². The second-order valence-corrected chi connectivity index (χ2v) is 3.79. The van der Waals surface area contributed by atoms with Gasteiger partial charge in [0.15, 0.2) is 5.78 Å². The number of phenolic OH excluding ortho intramolecular Hbond substituents is 1. The fourth-order valence-electron chi connectivity index (χ4n) is 1.05. The van der Waals surface area contributed by atoms with Crippen molar-refractivity contribution in [2.75, 3.05) is 0 Å². The Morgan fingerprint density at radius 1 is 1.50 bits per heavy atom. The lowest BCUT2D eigenvalue weighted by Crippen LogP contribution is -1.96. The van der Waals surface area contributed by atoms with Gasteiger partial charge in [0, 0.05) is 11.1 Å². The molecular formula is C9H9IO2. The number of hydrogen-bond acceptors (Lipinski definition) is 2. The first kappa shape index (κ1) is 9.51. The SMILES string of the molecule is CC(=O)c1ccc(I)c(O)c1C. The first-order valence-corrected chi connectivity index (χ1v) is 4.61. The molecule has 0 atom stereocenters. The fraction of sp³-hybridized carbons (Fsp3) is 0.222. The van der Waals surface area contributed by atoms with E-state index in [1.54, 1.807) is 19.1 Å². The minimum atomic E-state index is -0.0146. The Balaban J connectivity index is 3.36. The molecule has 0 unspecified atom stereocenters. The quantitative estimate of drug-likeness (QED) is 0.632. The van der Waals surface area contributed by atoms with Gasteiger partial charge >= 0.3 is 0 Å². The Labute approximate surface area is 84.7 Å². The summed E-state index contributed by atoms with van der Waals surface area (Å²) >= 11 is 2.03. The molecule has 0 aliphatic heterocycles. The maximum atomic E-state index is 11.0. The molecule has 1 aromatic rings. The molecule has 0 spiro atoms. The van der Waals surface area contributed by atoms with Gasteiger partial charge in [-0.25, -0.2) is 0 Å². The van der Waals surface area contributed by atoms with Crippen molar-refractivity contribution in [3.05, 3.63) is 26.8 Å². The van der Waals surface area contributed by atoms with E-state index in [4.69, 9.17) is 0 Å². The molecule has 0 saturated carbocycles. The summed E-state index contributed by atoms with van der Waals surface area (Å²) in [6, 6.07) is 3.47. The molecule has 1 aromatic carbocycles. The molecule has 3 heteroatoms. The summed E-state index contributed by atoms with van der Waals surface area (Å²) in [6.07, 6.45) is 0. The van der Waals surface area contributed by atoms with Crippen molar-refractivity contribution in [2.45, 2.75) is 13.8 Å². The highest BCUT2D eigenvalue weighted by Crippen LogP contribution is 2.26. The molecule has 1 rings (SSSR count). The smallest absolute Gasteiger partial charge is 0.160 e. The first-order chi connectivity index (χ1) is 5.54. The molecule has 0 bridgehead atoms. The monoisotopic (exact) mass is 276 g/mol. The predicted molar refractivity (Wildman–Crippen MR) is 55.6 cm³/mol. The number of benzene rings is 1. The van der Waals surface area contributed by atoms with E-state index in [1.165, 1.54) is 6.92 Å². The van der Waals surface area contributed by atoms with Crippen LogP contribution in [0.4, 0.5) is 0 Å². The summed E-state index contributed by atoms with van der Waals surface area (Å²) in [6.45, 7) is 3.24. The molecular weight excluding hydrogens is 267 g/mol.